The van der Waals surface area contributed by atoms with Gasteiger partial charge in [0, 0.05) is 31.1 Å². The maximum Gasteiger partial charge on any atom is 0.269 e. The van der Waals surface area contributed by atoms with Crippen LogP contribution in [0.5, 0.6) is 0 Å². The van der Waals surface area contributed by atoms with Crippen LogP contribution in [0.15, 0.2) is 36.7 Å². The van der Waals surface area contributed by atoms with E-state index in [2.05, 4.69) is 28.7 Å². The number of nitro benzene ring substituents is 1. The molecule has 0 bridgehead atoms. The summed E-state index contributed by atoms with van der Waals surface area (Å²) in [5.41, 5.74) is 1.13. The second-order valence-electron chi connectivity index (χ2n) is 5.42. The molecule has 1 heterocycles. The summed E-state index contributed by atoms with van der Waals surface area (Å²) in [6.07, 6.45) is 3.70. The van der Waals surface area contributed by atoms with Crippen molar-refractivity contribution in [3.63, 3.8) is 0 Å². The number of nitrogens with zero attached hydrogens (tertiary/aromatic N) is 3. The highest BCUT2D eigenvalue weighted by atomic mass is 16.6. The molecule has 0 unspecified atom stereocenters. The third-order valence-electron chi connectivity index (χ3n) is 3.14. The zero-order valence-corrected chi connectivity index (χ0v) is 12.3. The summed E-state index contributed by atoms with van der Waals surface area (Å²) < 4.78 is 2.05. The summed E-state index contributed by atoms with van der Waals surface area (Å²) in [6, 6.07) is 6.62. The van der Waals surface area contributed by atoms with E-state index in [0.29, 0.717) is 12.5 Å². The first-order chi connectivity index (χ1) is 10.1. The SMILES string of the molecule is CC(C)CNCc1nccn1Cc1ccc([N+](=O)[O-])cc1. The molecule has 6 nitrogen and oxygen atoms in total. The quantitative estimate of drug-likeness (QED) is 0.628. The highest BCUT2D eigenvalue weighted by Gasteiger charge is 2.07. The second kappa shape index (κ2) is 6.99. The molecule has 1 aromatic heterocycles. The van der Waals surface area contributed by atoms with Gasteiger partial charge in [0.15, 0.2) is 0 Å². The Bertz CT molecular complexity index is 590. The molecular weight excluding hydrogens is 268 g/mol. The zero-order chi connectivity index (χ0) is 15.2. The van der Waals surface area contributed by atoms with Crippen molar-refractivity contribution in [2.45, 2.75) is 26.9 Å². The van der Waals surface area contributed by atoms with Crippen molar-refractivity contribution in [1.82, 2.24) is 14.9 Å². The van der Waals surface area contributed by atoms with Crippen molar-refractivity contribution in [3.05, 3.63) is 58.2 Å². The number of hydrogen-bond acceptors (Lipinski definition) is 4. The van der Waals surface area contributed by atoms with E-state index in [1.807, 2.05) is 6.20 Å². The standard InChI is InChI=1S/C15H20N4O2/c1-12(2)9-16-10-15-17-7-8-18(15)11-13-3-5-14(6-4-13)19(20)21/h3-8,12,16H,9-11H2,1-2H3. The fourth-order valence-corrected chi connectivity index (χ4v) is 2.04. The van der Waals surface area contributed by atoms with E-state index in [0.717, 1.165) is 24.5 Å². The number of hydrogen-bond donors (Lipinski definition) is 1. The minimum atomic E-state index is -0.387. The molecule has 0 saturated heterocycles. The molecule has 2 aromatic rings. The Labute approximate surface area is 124 Å². The zero-order valence-electron chi connectivity index (χ0n) is 12.3. The lowest BCUT2D eigenvalue weighted by Crippen LogP contribution is -2.21. The fourth-order valence-electron chi connectivity index (χ4n) is 2.04. The largest absolute Gasteiger partial charge is 0.329 e. The van der Waals surface area contributed by atoms with Gasteiger partial charge in [0.2, 0.25) is 0 Å². The smallest absolute Gasteiger partial charge is 0.269 e. The van der Waals surface area contributed by atoms with Gasteiger partial charge in [-0.3, -0.25) is 10.1 Å². The van der Waals surface area contributed by atoms with Crippen LogP contribution in [0, 0.1) is 16.0 Å². The molecule has 1 aromatic carbocycles. The van der Waals surface area contributed by atoms with Crippen LogP contribution in [-0.2, 0) is 13.1 Å². The lowest BCUT2D eigenvalue weighted by Gasteiger charge is -2.10. The normalized spacial score (nSPS) is 11.0. The van der Waals surface area contributed by atoms with Crippen LogP contribution in [0.4, 0.5) is 5.69 Å². The van der Waals surface area contributed by atoms with E-state index in [1.165, 1.54) is 12.1 Å². The van der Waals surface area contributed by atoms with Crippen LogP contribution < -0.4 is 5.32 Å². The predicted octanol–water partition coefficient (Wildman–Crippen LogP) is 2.59. The topological polar surface area (TPSA) is 73.0 Å². The van der Waals surface area contributed by atoms with Gasteiger partial charge in [0.1, 0.15) is 5.82 Å². The van der Waals surface area contributed by atoms with E-state index in [-0.39, 0.29) is 10.6 Å². The van der Waals surface area contributed by atoms with Crippen LogP contribution in [0.1, 0.15) is 25.2 Å². The molecule has 0 saturated carbocycles. The molecule has 0 fully saturated rings. The Morgan fingerprint density at radius 1 is 1.33 bits per heavy atom. The van der Waals surface area contributed by atoms with Crippen LogP contribution in [-0.4, -0.2) is 21.0 Å². The van der Waals surface area contributed by atoms with Crippen molar-refractivity contribution < 1.29 is 4.92 Å². The molecule has 0 aliphatic heterocycles. The van der Waals surface area contributed by atoms with Gasteiger partial charge in [-0.1, -0.05) is 26.0 Å². The minimum absolute atomic E-state index is 0.114. The first-order valence-electron chi connectivity index (χ1n) is 7.00. The van der Waals surface area contributed by atoms with Gasteiger partial charge in [-0.25, -0.2) is 4.98 Å². The molecule has 0 aliphatic carbocycles. The Morgan fingerprint density at radius 2 is 2.05 bits per heavy atom. The molecule has 0 atom stereocenters. The van der Waals surface area contributed by atoms with E-state index in [9.17, 15) is 10.1 Å². The lowest BCUT2D eigenvalue weighted by atomic mass is 10.2. The van der Waals surface area contributed by atoms with Gasteiger partial charge in [-0.2, -0.15) is 0 Å². The molecule has 2 rings (SSSR count). The van der Waals surface area contributed by atoms with E-state index in [1.54, 1.807) is 18.3 Å². The average molecular weight is 288 g/mol. The van der Waals surface area contributed by atoms with Crippen LogP contribution >= 0.6 is 0 Å². The molecule has 0 aliphatic rings. The summed E-state index contributed by atoms with van der Waals surface area (Å²) in [5, 5.41) is 14.0. The number of imidazole rings is 1. The Balaban J connectivity index is 1.99. The van der Waals surface area contributed by atoms with E-state index < -0.39 is 0 Å². The monoisotopic (exact) mass is 288 g/mol. The number of benzene rings is 1. The number of rotatable bonds is 7. The molecule has 0 spiro atoms. The molecule has 0 radical (unpaired) electrons. The van der Waals surface area contributed by atoms with Crippen molar-refractivity contribution in [2.75, 3.05) is 6.54 Å². The van der Waals surface area contributed by atoms with Gasteiger partial charge in [-0.15, -0.1) is 0 Å². The van der Waals surface area contributed by atoms with Crippen LogP contribution in [0.3, 0.4) is 0 Å². The van der Waals surface area contributed by atoms with E-state index in [4.69, 9.17) is 0 Å². The summed E-state index contributed by atoms with van der Waals surface area (Å²) in [4.78, 5) is 14.6. The van der Waals surface area contributed by atoms with E-state index >= 15 is 0 Å². The molecule has 21 heavy (non-hydrogen) atoms. The van der Waals surface area contributed by atoms with Gasteiger partial charge < -0.3 is 9.88 Å². The third-order valence-corrected chi connectivity index (χ3v) is 3.14. The van der Waals surface area contributed by atoms with Gasteiger partial charge in [0.05, 0.1) is 11.5 Å². The second-order valence-corrected chi connectivity index (χ2v) is 5.42. The highest BCUT2D eigenvalue weighted by Crippen LogP contribution is 2.13. The molecule has 0 amide bonds. The van der Waals surface area contributed by atoms with Crippen LogP contribution in [0.2, 0.25) is 0 Å². The fraction of sp³-hybridized carbons (Fsp3) is 0.400. The molecule has 1 N–H and O–H groups in total. The predicted molar refractivity (Wildman–Crippen MR) is 81.0 cm³/mol. The number of aromatic nitrogens is 2. The molecule has 112 valence electrons. The maximum absolute atomic E-state index is 10.6. The van der Waals surface area contributed by atoms with Crippen molar-refractivity contribution >= 4 is 5.69 Å². The maximum atomic E-state index is 10.6. The van der Waals surface area contributed by atoms with Gasteiger partial charge >= 0.3 is 0 Å². The molecule has 6 heteroatoms. The van der Waals surface area contributed by atoms with Gasteiger partial charge in [0.25, 0.3) is 5.69 Å². The Hall–Kier alpha value is -2.21. The highest BCUT2D eigenvalue weighted by molar-refractivity contribution is 5.33. The Kier molecular flexibility index (Phi) is 5.05. The lowest BCUT2D eigenvalue weighted by molar-refractivity contribution is -0.384. The molecular formula is C15H20N4O2. The van der Waals surface area contributed by atoms with Crippen molar-refractivity contribution in [1.29, 1.82) is 0 Å². The van der Waals surface area contributed by atoms with Crippen LogP contribution in [0.25, 0.3) is 0 Å². The summed E-state index contributed by atoms with van der Waals surface area (Å²) in [6.45, 7) is 6.66. The third kappa shape index (κ3) is 4.39. The van der Waals surface area contributed by atoms with Crippen molar-refractivity contribution in [2.24, 2.45) is 5.92 Å². The first kappa shape index (κ1) is 15.2. The van der Waals surface area contributed by atoms with Gasteiger partial charge in [-0.05, 0) is 18.0 Å². The first-order valence-corrected chi connectivity index (χ1v) is 7.00. The average Bonchev–Trinajstić information content (AvgIpc) is 2.86. The minimum Gasteiger partial charge on any atom is -0.329 e. The number of nitrogens with one attached hydrogen (secondary N) is 1. The summed E-state index contributed by atoms with van der Waals surface area (Å²) >= 11 is 0. The number of nitro groups is 1. The number of non-ortho nitro benzene ring substituents is 1. The Morgan fingerprint density at radius 3 is 2.67 bits per heavy atom. The van der Waals surface area contributed by atoms with Crippen molar-refractivity contribution in [3.8, 4) is 0 Å². The summed E-state index contributed by atoms with van der Waals surface area (Å²) in [5.74, 6) is 1.57. The summed E-state index contributed by atoms with van der Waals surface area (Å²) in [7, 11) is 0.